The largest absolute Gasteiger partial charge is 0.416 e. The summed E-state index contributed by atoms with van der Waals surface area (Å²) in [5.41, 5.74) is -0.370. The van der Waals surface area contributed by atoms with E-state index in [-0.39, 0.29) is 11.4 Å². The Hall–Kier alpha value is -2.18. The van der Waals surface area contributed by atoms with Crippen molar-refractivity contribution >= 4 is 5.69 Å². The van der Waals surface area contributed by atoms with Crippen LogP contribution in [0.1, 0.15) is 5.56 Å². The highest BCUT2D eigenvalue weighted by Crippen LogP contribution is 2.33. The zero-order valence-electron chi connectivity index (χ0n) is 8.23. The average Bonchev–Trinajstić information content (AvgIpc) is 2.76. The smallest absolute Gasteiger partial charge is 0.362 e. The molecule has 0 unspecified atom stereocenters. The van der Waals surface area contributed by atoms with Gasteiger partial charge in [-0.25, -0.2) is 0 Å². The number of nitroso groups, excluding NO2 is 1. The van der Waals surface area contributed by atoms with E-state index in [0.29, 0.717) is 5.56 Å². The third-order valence-electron chi connectivity index (χ3n) is 2.13. The molecular formula is C10H5F3N2O2. The molecule has 0 aliphatic heterocycles. The Morgan fingerprint density at radius 2 is 1.82 bits per heavy atom. The van der Waals surface area contributed by atoms with Crippen molar-refractivity contribution in [3.63, 3.8) is 0 Å². The Bertz CT molecular complexity index is 531. The first-order chi connectivity index (χ1) is 8.02. The van der Waals surface area contributed by atoms with Gasteiger partial charge in [-0.2, -0.15) is 13.2 Å². The number of halogens is 3. The maximum absolute atomic E-state index is 12.3. The lowest BCUT2D eigenvalue weighted by atomic mass is 10.1. The minimum absolute atomic E-state index is 0.0511. The first-order valence-corrected chi connectivity index (χ1v) is 4.48. The summed E-state index contributed by atoms with van der Waals surface area (Å²) in [5, 5.41) is 6.15. The second-order valence-corrected chi connectivity index (χ2v) is 3.21. The van der Waals surface area contributed by atoms with Crippen molar-refractivity contribution in [2.24, 2.45) is 5.18 Å². The zero-order chi connectivity index (χ0) is 12.5. The molecule has 4 nitrogen and oxygen atoms in total. The predicted molar refractivity (Wildman–Crippen MR) is 52.4 cm³/mol. The lowest BCUT2D eigenvalue weighted by Crippen LogP contribution is -2.03. The molecule has 0 aliphatic rings. The maximum Gasteiger partial charge on any atom is 0.416 e. The molecule has 0 atom stereocenters. The summed E-state index contributed by atoms with van der Waals surface area (Å²) < 4.78 is 41.4. The van der Waals surface area contributed by atoms with E-state index in [1.165, 1.54) is 12.1 Å². The van der Waals surface area contributed by atoms with Gasteiger partial charge in [-0.1, -0.05) is 17.3 Å². The maximum atomic E-state index is 12.3. The van der Waals surface area contributed by atoms with Crippen molar-refractivity contribution in [3.05, 3.63) is 41.0 Å². The van der Waals surface area contributed by atoms with Crippen LogP contribution in [-0.4, -0.2) is 5.16 Å². The molecule has 0 N–H and O–H groups in total. The van der Waals surface area contributed by atoms with Crippen molar-refractivity contribution in [3.8, 4) is 11.3 Å². The van der Waals surface area contributed by atoms with E-state index in [1.54, 1.807) is 0 Å². The lowest BCUT2D eigenvalue weighted by Gasteiger charge is -2.06. The monoisotopic (exact) mass is 242 g/mol. The number of hydrogen-bond acceptors (Lipinski definition) is 4. The van der Waals surface area contributed by atoms with Crippen molar-refractivity contribution < 1.29 is 17.7 Å². The van der Waals surface area contributed by atoms with Gasteiger partial charge in [0.25, 0.3) is 0 Å². The Kier molecular flexibility index (Phi) is 2.66. The van der Waals surface area contributed by atoms with Crippen LogP contribution in [0.15, 0.2) is 40.2 Å². The molecule has 17 heavy (non-hydrogen) atoms. The fourth-order valence-electron chi connectivity index (χ4n) is 1.31. The normalized spacial score (nSPS) is 11.5. The van der Waals surface area contributed by atoms with Gasteiger partial charge in [0.1, 0.15) is 5.69 Å². The predicted octanol–water partition coefficient (Wildman–Crippen LogP) is 3.76. The molecule has 0 aliphatic carbocycles. The van der Waals surface area contributed by atoms with Crippen LogP contribution < -0.4 is 0 Å². The molecule has 88 valence electrons. The van der Waals surface area contributed by atoms with Gasteiger partial charge in [0, 0.05) is 5.56 Å². The Labute approximate surface area is 93.0 Å². The number of benzene rings is 1. The summed E-state index contributed by atoms with van der Waals surface area (Å²) in [5.74, 6) is 0. The summed E-state index contributed by atoms with van der Waals surface area (Å²) in [6, 6.07) is 4.21. The molecule has 2 rings (SSSR count). The molecule has 7 heteroatoms. The highest BCUT2D eigenvalue weighted by Gasteiger charge is 2.30. The van der Waals surface area contributed by atoms with Gasteiger partial charge in [0.2, 0.25) is 0 Å². The topological polar surface area (TPSA) is 55.5 Å². The first-order valence-electron chi connectivity index (χ1n) is 4.48. The van der Waals surface area contributed by atoms with Crippen LogP contribution in [-0.2, 0) is 6.18 Å². The van der Waals surface area contributed by atoms with E-state index in [0.717, 1.165) is 18.4 Å². The van der Waals surface area contributed by atoms with Gasteiger partial charge < -0.3 is 4.52 Å². The van der Waals surface area contributed by atoms with Gasteiger partial charge in [0.05, 0.1) is 5.56 Å². The molecule has 0 saturated heterocycles. The molecule has 0 spiro atoms. The molecule has 1 heterocycles. The molecule has 2 aromatic rings. The minimum Gasteiger partial charge on any atom is -0.362 e. The first kappa shape index (κ1) is 11.3. The third kappa shape index (κ3) is 2.17. The summed E-state index contributed by atoms with van der Waals surface area (Å²) in [4.78, 5) is 10.4. The van der Waals surface area contributed by atoms with Gasteiger partial charge in [-0.15, -0.1) is 4.91 Å². The molecular weight excluding hydrogens is 237 g/mol. The van der Waals surface area contributed by atoms with Crippen LogP contribution in [0.4, 0.5) is 18.9 Å². The number of rotatable bonds is 2. The van der Waals surface area contributed by atoms with E-state index < -0.39 is 11.7 Å². The van der Waals surface area contributed by atoms with Crippen molar-refractivity contribution in [1.82, 2.24) is 5.16 Å². The second kappa shape index (κ2) is 4.00. The molecule has 1 aromatic carbocycles. The Balaban J connectivity index is 2.39. The molecule has 0 fully saturated rings. The highest BCUT2D eigenvalue weighted by atomic mass is 19.4. The van der Waals surface area contributed by atoms with Gasteiger partial charge in [0.15, 0.2) is 12.0 Å². The number of hydrogen-bond donors (Lipinski definition) is 0. The van der Waals surface area contributed by atoms with Crippen molar-refractivity contribution in [2.45, 2.75) is 6.18 Å². The van der Waals surface area contributed by atoms with E-state index >= 15 is 0 Å². The van der Waals surface area contributed by atoms with E-state index in [9.17, 15) is 18.1 Å². The van der Waals surface area contributed by atoms with Crippen LogP contribution in [0.25, 0.3) is 11.3 Å². The molecule has 0 bridgehead atoms. The number of alkyl halides is 3. The van der Waals surface area contributed by atoms with Crippen LogP contribution in [0.5, 0.6) is 0 Å². The van der Waals surface area contributed by atoms with Crippen molar-refractivity contribution in [1.29, 1.82) is 0 Å². The van der Waals surface area contributed by atoms with Gasteiger partial charge >= 0.3 is 6.18 Å². The SMILES string of the molecule is O=Nc1conc1-c1ccc(C(F)(F)F)cc1. The van der Waals surface area contributed by atoms with E-state index in [1.807, 2.05) is 0 Å². The lowest BCUT2D eigenvalue weighted by molar-refractivity contribution is -0.137. The standard InChI is InChI=1S/C10H5F3N2O2/c11-10(12,13)7-3-1-6(2-4-7)9-8(14-16)5-17-15-9/h1-5H. The highest BCUT2D eigenvalue weighted by molar-refractivity contribution is 5.70. The molecule has 1 aromatic heterocycles. The molecule has 0 amide bonds. The fourth-order valence-corrected chi connectivity index (χ4v) is 1.31. The average molecular weight is 242 g/mol. The Morgan fingerprint density at radius 3 is 2.35 bits per heavy atom. The quantitative estimate of drug-likeness (QED) is 0.753. The number of nitrogens with zero attached hydrogens (tertiary/aromatic N) is 2. The molecule has 0 saturated carbocycles. The van der Waals surface area contributed by atoms with Gasteiger partial charge in [-0.05, 0) is 17.3 Å². The van der Waals surface area contributed by atoms with E-state index in [2.05, 4.69) is 14.9 Å². The summed E-state index contributed by atoms with van der Waals surface area (Å²) in [6.45, 7) is 0. The zero-order valence-corrected chi connectivity index (χ0v) is 8.23. The van der Waals surface area contributed by atoms with E-state index in [4.69, 9.17) is 0 Å². The van der Waals surface area contributed by atoms with Crippen LogP contribution in [0.3, 0.4) is 0 Å². The van der Waals surface area contributed by atoms with Gasteiger partial charge in [-0.3, -0.25) is 0 Å². The second-order valence-electron chi connectivity index (χ2n) is 3.21. The summed E-state index contributed by atoms with van der Waals surface area (Å²) >= 11 is 0. The summed E-state index contributed by atoms with van der Waals surface area (Å²) in [7, 11) is 0. The third-order valence-corrected chi connectivity index (χ3v) is 2.13. The van der Waals surface area contributed by atoms with Crippen LogP contribution in [0, 0.1) is 4.91 Å². The van der Waals surface area contributed by atoms with Crippen molar-refractivity contribution in [2.75, 3.05) is 0 Å². The fraction of sp³-hybridized carbons (Fsp3) is 0.100. The Morgan fingerprint density at radius 1 is 1.18 bits per heavy atom. The van der Waals surface area contributed by atoms with Crippen LogP contribution >= 0.6 is 0 Å². The minimum atomic E-state index is -4.39. The summed E-state index contributed by atoms with van der Waals surface area (Å²) in [6.07, 6.45) is -3.37. The number of aromatic nitrogens is 1. The van der Waals surface area contributed by atoms with Crippen LogP contribution in [0.2, 0.25) is 0 Å². The molecule has 0 radical (unpaired) electrons.